The smallest absolute Gasteiger partial charge is 0.347 e. The van der Waals surface area contributed by atoms with E-state index in [1.807, 2.05) is 20.8 Å². The van der Waals surface area contributed by atoms with E-state index < -0.39 is 28.7 Å². The maximum atomic E-state index is 12.1. The Morgan fingerprint density at radius 1 is 1.08 bits per heavy atom. The van der Waals surface area contributed by atoms with Crippen molar-refractivity contribution in [2.24, 2.45) is 0 Å². The quantitative estimate of drug-likeness (QED) is 0.811. The molecule has 0 saturated heterocycles. The summed E-state index contributed by atoms with van der Waals surface area (Å²) in [6, 6.07) is 6.30. The molecule has 136 valence electrons. The van der Waals surface area contributed by atoms with Crippen LogP contribution >= 0.6 is 0 Å². The summed E-state index contributed by atoms with van der Waals surface area (Å²) in [5, 5.41) is 1.67. The highest BCUT2D eigenvalue weighted by molar-refractivity contribution is 7.89. The number of hydrogen-bond donors (Lipinski definition) is 2. The van der Waals surface area contributed by atoms with Gasteiger partial charge in [-0.3, -0.25) is 4.79 Å². The van der Waals surface area contributed by atoms with E-state index >= 15 is 0 Å². The van der Waals surface area contributed by atoms with Gasteiger partial charge in [0.1, 0.15) is 6.54 Å². The molecule has 0 unspecified atom stereocenters. The lowest BCUT2D eigenvalue weighted by Crippen LogP contribution is -2.36. The van der Waals surface area contributed by atoms with Gasteiger partial charge in [0.2, 0.25) is 15.9 Å². The summed E-state index contributed by atoms with van der Waals surface area (Å²) < 4.78 is 62.1. The Morgan fingerprint density at radius 2 is 1.62 bits per heavy atom. The molecular weight excluding hydrogens is 345 g/mol. The standard InChI is InChI=1S/C15H21F3N2O3S/c1-14(2,3)11-4-6-12(7-5-11)24(22,23)20-9-8-13(21)19-10-15(16,17)18/h4-7,20H,8-10H2,1-3H3,(H,19,21). The molecule has 0 aliphatic rings. The van der Waals surface area contributed by atoms with E-state index in [0.717, 1.165) is 5.56 Å². The monoisotopic (exact) mass is 366 g/mol. The van der Waals surface area contributed by atoms with Crippen LogP contribution in [0, 0.1) is 0 Å². The van der Waals surface area contributed by atoms with Crippen LogP contribution < -0.4 is 10.0 Å². The molecule has 0 bridgehead atoms. The number of halogens is 3. The number of amides is 1. The molecule has 0 aliphatic heterocycles. The van der Waals surface area contributed by atoms with Crippen molar-refractivity contribution in [3.8, 4) is 0 Å². The normalized spacial score (nSPS) is 12.9. The number of benzene rings is 1. The maximum absolute atomic E-state index is 12.1. The summed E-state index contributed by atoms with van der Waals surface area (Å²) in [4.78, 5) is 11.3. The average Bonchev–Trinajstić information content (AvgIpc) is 2.43. The number of carbonyl (C=O) groups is 1. The van der Waals surface area contributed by atoms with Crippen LogP contribution in [0.25, 0.3) is 0 Å². The van der Waals surface area contributed by atoms with Gasteiger partial charge in [-0.15, -0.1) is 0 Å². The van der Waals surface area contributed by atoms with Gasteiger partial charge in [-0.2, -0.15) is 13.2 Å². The van der Waals surface area contributed by atoms with E-state index in [1.54, 1.807) is 17.4 Å². The molecule has 0 spiro atoms. The Labute approximate surface area is 139 Å². The minimum atomic E-state index is -4.50. The average molecular weight is 366 g/mol. The van der Waals surface area contributed by atoms with Gasteiger partial charge in [0.05, 0.1) is 4.90 Å². The van der Waals surface area contributed by atoms with Crippen LogP contribution in [0.5, 0.6) is 0 Å². The Kier molecular flexibility index (Phi) is 6.40. The minimum absolute atomic E-state index is 0.0335. The molecule has 1 amide bonds. The summed E-state index contributed by atoms with van der Waals surface area (Å²) in [7, 11) is -3.81. The minimum Gasteiger partial charge on any atom is -0.347 e. The third kappa shape index (κ3) is 6.88. The zero-order valence-electron chi connectivity index (χ0n) is 13.7. The van der Waals surface area contributed by atoms with Crippen molar-refractivity contribution in [3.05, 3.63) is 29.8 Å². The Balaban J connectivity index is 2.57. The van der Waals surface area contributed by atoms with E-state index in [0.29, 0.717) is 0 Å². The van der Waals surface area contributed by atoms with E-state index in [2.05, 4.69) is 4.72 Å². The first-order valence-electron chi connectivity index (χ1n) is 7.25. The molecule has 9 heteroatoms. The van der Waals surface area contributed by atoms with Crippen LogP contribution in [0.4, 0.5) is 13.2 Å². The van der Waals surface area contributed by atoms with E-state index in [-0.39, 0.29) is 23.3 Å². The van der Waals surface area contributed by atoms with Gasteiger partial charge in [-0.1, -0.05) is 32.9 Å². The third-order valence-electron chi connectivity index (χ3n) is 3.16. The molecule has 0 aliphatic carbocycles. The molecule has 0 atom stereocenters. The highest BCUT2D eigenvalue weighted by atomic mass is 32.2. The molecule has 5 nitrogen and oxygen atoms in total. The first-order valence-corrected chi connectivity index (χ1v) is 8.73. The fraction of sp³-hybridized carbons (Fsp3) is 0.533. The topological polar surface area (TPSA) is 75.3 Å². The van der Waals surface area contributed by atoms with Gasteiger partial charge in [0.25, 0.3) is 0 Å². The summed E-state index contributed by atoms with van der Waals surface area (Å²) in [5.41, 5.74) is 0.847. The molecule has 0 saturated carbocycles. The number of carbonyl (C=O) groups excluding carboxylic acids is 1. The lowest BCUT2D eigenvalue weighted by atomic mass is 9.87. The lowest BCUT2D eigenvalue weighted by molar-refractivity contribution is -0.138. The molecule has 1 aromatic rings. The zero-order valence-corrected chi connectivity index (χ0v) is 14.5. The maximum Gasteiger partial charge on any atom is 0.405 e. The van der Waals surface area contributed by atoms with Crippen molar-refractivity contribution in [2.75, 3.05) is 13.1 Å². The fourth-order valence-corrected chi connectivity index (χ4v) is 2.84. The Bertz CT molecular complexity index is 663. The first kappa shape index (κ1) is 20.4. The van der Waals surface area contributed by atoms with Gasteiger partial charge in [-0.05, 0) is 23.1 Å². The molecule has 0 heterocycles. The van der Waals surface area contributed by atoms with Crippen LogP contribution in [0.1, 0.15) is 32.8 Å². The van der Waals surface area contributed by atoms with Crippen molar-refractivity contribution < 1.29 is 26.4 Å². The Hall–Kier alpha value is -1.61. The van der Waals surface area contributed by atoms with Crippen LogP contribution in [0.15, 0.2) is 29.2 Å². The van der Waals surface area contributed by atoms with Gasteiger partial charge in [-0.25, -0.2) is 13.1 Å². The van der Waals surface area contributed by atoms with Crippen molar-refractivity contribution in [1.82, 2.24) is 10.0 Å². The number of alkyl halides is 3. The molecule has 0 radical (unpaired) electrons. The third-order valence-corrected chi connectivity index (χ3v) is 4.64. The number of hydrogen-bond acceptors (Lipinski definition) is 3. The van der Waals surface area contributed by atoms with E-state index in [4.69, 9.17) is 0 Å². The molecule has 2 N–H and O–H groups in total. The molecule has 0 aromatic heterocycles. The fourth-order valence-electron chi connectivity index (χ4n) is 1.80. The van der Waals surface area contributed by atoms with Gasteiger partial charge in [0.15, 0.2) is 0 Å². The molecule has 1 rings (SSSR count). The van der Waals surface area contributed by atoms with Crippen LogP contribution in [-0.2, 0) is 20.2 Å². The van der Waals surface area contributed by atoms with E-state index in [1.165, 1.54) is 12.1 Å². The van der Waals surface area contributed by atoms with Crippen molar-refractivity contribution in [1.29, 1.82) is 0 Å². The highest BCUT2D eigenvalue weighted by Crippen LogP contribution is 2.23. The predicted octanol–water partition coefficient (Wildman–Crippen LogP) is 2.33. The molecule has 24 heavy (non-hydrogen) atoms. The van der Waals surface area contributed by atoms with Crippen LogP contribution in [0.3, 0.4) is 0 Å². The largest absolute Gasteiger partial charge is 0.405 e. The van der Waals surface area contributed by atoms with Crippen LogP contribution in [-0.4, -0.2) is 33.6 Å². The molecule has 1 aromatic carbocycles. The van der Waals surface area contributed by atoms with Crippen molar-refractivity contribution in [3.63, 3.8) is 0 Å². The second-order valence-corrected chi connectivity index (χ2v) is 8.08. The van der Waals surface area contributed by atoms with Crippen molar-refractivity contribution in [2.45, 2.75) is 43.7 Å². The second kappa shape index (κ2) is 7.52. The van der Waals surface area contributed by atoms with E-state index in [9.17, 15) is 26.4 Å². The number of rotatable bonds is 6. The molecular formula is C15H21F3N2O3S. The highest BCUT2D eigenvalue weighted by Gasteiger charge is 2.27. The SMILES string of the molecule is CC(C)(C)c1ccc(S(=O)(=O)NCCC(=O)NCC(F)(F)F)cc1. The predicted molar refractivity (Wildman–Crippen MR) is 84.0 cm³/mol. The lowest BCUT2D eigenvalue weighted by Gasteiger charge is -2.19. The zero-order chi connectivity index (χ0) is 18.6. The number of sulfonamides is 1. The van der Waals surface area contributed by atoms with Gasteiger partial charge < -0.3 is 5.32 Å². The van der Waals surface area contributed by atoms with Gasteiger partial charge in [0, 0.05) is 13.0 Å². The first-order chi connectivity index (χ1) is 10.8. The summed E-state index contributed by atoms with van der Waals surface area (Å²) in [6.07, 6.45) is -4.88. The summed E-state index contributed by atoms with van der Waals surface area (Å²) in [6.45, 7) is 4.26. The summed E-state index contributed by atoms with van der Waals surface area (Å²) >= 11 is 0. The van der Waals surface area contributed by atoms with Crippen molar-refractivity contribution >= 4 is 15.9 Å². The number of nitrogens with one attached hydrogen (secondary N) is 2. The Morgan fingerprint density at radius 3 is 2.08 bits per heavy atom. The molecule has 0 fully saturated rings. The van der Waals surface area contributed by atoms with Gasteiger partial charge >= 0.3 is 6.18 Å². The second-order valence-electron chi connectivity index (χ2n) is 6.31. The summed E-state index contributed by atoms with van der Waals surface area (Å²) in [5.74, 6) is -0.877. The van der Waals surface area contributed by atoms with Crippen LogP contribution in [0.2, 0.25) is 0 Å².